The monoisotopic (exact) mass is 324 g/mol. The van der Waals surface area contributed by atoms with Gasteiger partial charge in [-0.15, -0.1) is 0 Å². The number of hydrogen-bond acceptors (Lipinski definition) is 2. The average molecular weight is 325 g/mol. The molecule has 2 aliphatic rings. The summed E-state index contributed by atoms with van der Waals surface area (Å²) in [5, 5.41) is 3.74. The molecule has 0 spiro atoms. The number of thiocarbonyl (C=S) groups is 1. The Morgan fingerprint density at radius 1 is 1.00 bits per heavy atom. The van der Waals surface area contributed by atoms with Crippen molar-refractivity contribution in [1.29, 1.82) is 0 Å². The van der Waals surface area contributed by atoms with E-state index in [1.54, 1.807) is 0 Å². The third-order valence-corrected chi connectivity index (χ3v) is 5.49. The zero-order chi connectivity index (χ0) is 15.8. The standard InChI is InChI=1S/C18H32N2OS/c1-2-3-14-17(21)19-18(22)20(15-10-6-4-7-11-15)16-12-8-5-9-13-16/h15-16H,2-14H2,1H3,(H,19,21,22). The lowest BCUT2D eigenvalue weighted by atomic mass is 9.89. The summed E-state index contributed by atoms with van der Waals surface area (Å²) in [6.07, 6.45) is 15.5. The number of unbranched alkanes of at least 4 members (excludes halogenated alkanes) is 1. The van der Waals surface area contributed by atoms with Crippen LogP contribution < -0.4 is 5.32 Å². The Morgan fingerprint density at radius 2 is 1.50 bits per heavy atom. The van der Waals surface area contributed by atoms with Crippen LogP contribution in [0.5, 0.6) is 0 Å². The van der Waals surface area contributed by atoms with Crippen LogP contribution >= 0.6 is 12.2 Å². The predicted molar refractivity (Wildman–Crippen MR) is 95.9 cm³/mol. The number of carbonyl (C=O) groups is 1. The summed E-state index contributed by atoms with van der Waals surface area (Å²) in [6, 6.07) is 1.10. The van der Waals surface area contributed by atoms with Gasteiger partial charge in [0.25, 0.3) is 0 Å². The van der Waals surface area contributed by atoms with Crippen LogP contribution in [0.2, 0.25) is 0 Å². The second-order valence-electron chi connectivity index (χ2n) is 6.95. The summed E-state index contributed by atoms with van der Waals surface area (Å²) < 4.78 is 0. The van der Waals surface area contributed by atoms with Crippen LogP contribution in [-0.2, 0) is 4.79 Å². The van der Waals surface area contributed by atoms with Gasteiger partial charge in [-0.1, -0.05) is 51.9 Å². The molecule has 22 heavy (non-hydrogen) atoms. The highest BCUT2D eigenvalue weighted by atomic mass is 32.1. The van der Waals surface area contributed by atoms with E-state index < -0.39 is 0 Å². The fourth-order valence-electron chi connectivity index (χ4n) is 3.93. The summed E-state index contributed by atoms with van der Waals surface area (Å²) >= 11 is 5.66. The van der Waals surface area contributed by atoms with Crippen LogP contribution in [0.4, 0.5) is 0 Å². The van der Waals surface area contributed by atoms with Crippen molar-refractivity contribution in [1.82, 2.24) is 10.2 Å². The van der Waals surface area contributed by atoms with Crippen molar-refractivity contribution in [2.24, 2.45) is 0 Å². The van der Waals surface area contributed by atoms with Crippen LogP contribution in [0.25, 0.3) is 0 Å². The number of nitrogens with zero attached hydrogens (tertiary/aromatic N) is 1. The van der Waals surface area contributed by atoms with Gasteiger partial charge in [-0.3, -0.25) is 4.79 Å². The zero-order valence-corrected chi connectivity index (χ0v) is 14.9. The highest BCUT2D eigenvalue weighted by Gasteiger charge is 2.31. The Bertz CT molecular complexity index is 342. The number of rotatable bonds is 5. The van der Waals surface area contributed by atoms with Gasteiger partial charge in [0.05, 0.1) is 0 Å². The molecule has 1 N–H and O–H groups in total. The minimum Gasteiger partial charge on any atom is -0.343 e. The van der Waals surface area contributed by atoms with Gasteiger partial charge in [0, 0.05) is 18.5 Å². The van der Waals surface area contributed by atoms with E-state index in [1.165, 1.54) is 64.2 Å². The zero-order valence-electron chi connectivity index (χ0n) is 14.1. The average Bonchev–Trinajstić information content (AvgIpc) is 2.55. The van der Waals surface area contributed by atoms with Crippen molar-refractivity contribution in [3.05, 3.63) is 0 Å². The molecule has 2 fully saturated rings. The van der Waals surface area contributed by atoms with Gasteiger partial charge in [-0.05, 0) is 44.3 Å². The van der Waals surface area contributed by atoms with Gasteiger partial charge >= 0.3 is 0 Å². The molecule has 0 unspecified atom stereocenters. The molecule has 0 heterocycles. The molecule has 4 heteroatoms. The maximum absolute atomic E-state index is 12.1. The van der Waals surface area contributed by atoms with E-state index in [9.17, 15) is 4.79 Å². The first-order chi connectivity index (χ1) is 10.7. The largest absolute Gasteiger partial charge is 0.343 e. The third-order valence-electron chi connectivity index (χ3n) is 5.17. The van der Waals surface area contributed by atoms with Crippen molar-refractivity contribution in [2.75, 3.05) is 0 Å². The smallest absolute Gasteiger partial charge is 0.226 e. The Balaban J connectivity index is 1.98. The van der Waals surface area contributed by atoms with Crippen molar-refractivity contribution in [2.45, 2.75) is 102 Å². The van der Waals surface area contributed by atoms with Crippen LogP contribution in [0.15, 0.2) is 0 Å². The molecule has 0 aromatic carbocycles. The number of amides is 1. The molecule has 0 radical (unpaired) electrons. The second-order valence-corrected chi connectivity index (χ2v) is 7.33. The SMILES string of the molecule is CCCCC(=O)NC(=S)N(C1CCCCC1)C1CCCCC1. The molecule has 3 nitrogen and oxygen atoms in total. The fourth-order valence-corrected chi connectivity index (χ4v) is 4.34. The van der Waals surface area contributed by atoms with E-state index in [4.69, 9.17) is 12.2 Å². The van der Waals surface area contributed by atoms with Gasteiger partial charge in [0.2, 0.25) is 5.91 Å². The van der Waals surface area contributed by atoms with Crippen molar-refractivity contribution in [3.63, 3.8) is 0 Å². The molecule has 2 rings (SSSR count). The Kier molecular flexibility index (Phi) is 7.64. The van der Waals surface area contributed by atoms with Gasteiger partial charge in [0.1, 0.15) is 0 Å². The van der Waals surface area contributed by atoms with Crippen molar-refractivity contribution >= 4 is 23.2 Å². The summed E-state index contributed by atoms with van der Waals surface area (Å²) in [5.41, 5.74) is 0. The maximum Gasteiger partial charge on any atom is 0.226 e. The molecule has 0 atom stereocenters. The minimum atomic E-state index is 0.100. The van der Waals surface area contributed by atoms with E-state index in [0.717, 1.165) is 12.8 Å². The molecule has 2 saturated carbocycles. The Labute approximate surface area is 141 Å². The molecular formula is C18H32N2OS. The first-order valence-corrected chi connectivity index (χ1v) is 9.75. The van der Waals surface area contributed by atoms with Crippen LogP contribution in [0.3, 0.4) is 0 Å². The minimum absolute atomic E-state index is 0.100. The summed E-state index contributed by atoms with van der Waals surface area (Å²) in [5.74, 6) is 0.100. The second kappa shape index (κ2) is 9.49. The van der Waals surface area contributed by atoms with Gasteiger partial charge in [0.15, 0.2) is 5.11 Å². The number of hydrogen-bond donors (Lipinski definition) is 1. The van der Waals surface area contributed by atoms with Gasteiger partial charge in [-0.2, -0.15) is 0 Å². The van der Waals surface area contributed by atoms with Gasteiger partial charge < -0.3 is 10.2 Å². The Morgan fingerprint density at radius 3 is 1.95 bits per heavy atom. The summed E-state index contributed by atoms with van der Waals surface area (Å²) in [4.78, 5) is 14.5. The molecule has 0 bridgehead atoms. The van der Waals surface area contributed by atoms with E-state index >= 15 is 0 Å². The molecule has 0 aromatic heterocycles. The molecule has 0 aromatic rings. The maximum atomic E-state index is 12.1. The molecule has 126 valence electrons. The van der Waals surface area contributed by atoms with E-state index in [1.807, 2.05) is 0 Å². The molecule has 1 amide bonds. The highest BCUT2D eigenvalue weighted by Crippen LogP contribution is 2.30. The summed E-state index contributed by atoms with van der Waals surface area (Å²) in [6.45, 7) is 2.11. The predicted octanol–water partition coefficient (Wildman–Crippen LogP) is 4.55. The first kappa shape index (κ1) is 17.7. The normalized spacial score (nSPS) is 20.6. The quantitative estimate of drug-likeness (QED) is 0.753. The topological polar surface area (TPSA) is 32.3 Å². The van der Waals surface area contributed by atoms with Gasteiger partial charge in [-0.25, -0.2) is 0 Å². The van der Waals surface area contributed by atoms with E-state index in [-0.39, 0.29) is 5.91 Å². The van der Waals surface area contributed by atoms with Crippen LogP contribution in [-0.4, -0.2) is 28.0 Å². The molecule has 2 aliphatic carbocycles. The van der Waals surface area contributed by atoms with Crippen molar-refractivity contribution < 1.29 is 4.79 Å². The van der Waals surface area contributed by atoms with E-state index in [0.29, 0.717) is 23.6 Å². The van der Waals surface area contributed by atoms with Crippen molar-refractivity contribution in [3.8, 4) is 0 Å². The third kappa shape index (κ3) is 5.22. The fraction of sp³-hybridized carbons (Fsp3) is 0.889. The first-order valence-electron chi connectivity index (χ1n) is 9.34. The lowest BCUT2D eigenvalue weighted by Gasteiger charge is -2.43. The highest BCUT2D eigenvalue weighted by molar-refractivity contribution is 7.80. The van der Waals surface area contributed by atoms with Crippen LogP contribution in [0, 0.1) is 0 Å². The van der Waals surface area contributed by atoms with E-state index in [2.05, 4.69) is 17.1 Å². The molecule has 0 aliphatic heterocycles. The lowest BCUT2D eigenvalue weighted by molar-refractivity contribution is -0.120. The lowest BCUT2D eigenvalue weighted by Crippen LogP contribution is -2.53. The Hall–Kier alpha value is -0.640. The number of carbonyl (C=O) groups excluding carboxylic acids is 1. The molecular weight excluding hydrogens is 292 g/mol. The number of nitrogens with one attached hydrogen (secondary N) is 1. The summed E-state index contributed by atoms with van der Waals surface area (Å²) in [7, 11) is 0. The van der Waals surface area contributed by atoms with Crippen LogP contribution in [0.1, 0.15) is 90.4 Å². The molecule has 0 saturated heterocycles.